The monoisotopic (exact) mass is 432 g/mol. The molecule has 170 valence electrons. The summed E-state index contributed by atoms with van der Waals surface area (Å²) in [4.78, 5) is 18.2. The number of piperidine rings is 1. The van der Waals surface area contributed by atoms with E-state index in [0.29, 0.717) is 12.0 Å². The predicted molar refractivity (Wildman–Crippen MR) is 128 cm³/mol. The van der Waals surface area contributed by atoms with Crippen LogP contribution >= 0.6 is 0 Å². The minimum Gasteiger partial charge on any atom is -0.376 e. The first-order valence-corrected chi connectivity index (χ1v) is 12.4. The molecule has 1 aliphatic carbocycles. The van der Waals surface area contributed by atoms with Crippen LogP contribution in [0, 0.1) is 12.8 Å². The maximum absolute atomic E-state index is 13.4. The van der Waals surface area contributed by atoms with Crippen LogP contribution in [0.2, 0.25) is 0 Å². The molecule has 0 bridgehead atoms. The molecule has 0 radical (unpaired) electrons. The highest BCUT2D eigenvalue weighted by Gasteiger charge is 2.32. The molecule has 5 rings (SSSR count). The lowest BCUT2D eigenvalue weighted by Crippen LogP contribution is -2.46. The first kappa shape index (κ1) is 21.7. The van der Waals surface area contributed by atoms with Gasteiger partial charge in [-0.15, -0.1) is 0 Å². The maximum atomic E-state index is 13.4. The van der Waals surface area contributed by atoms with Gasteiger partial charge in [0.15, 0.2) is 0 Å². The summed E-state index contributed by atoms with van der Waals surface area (Å²) in [6.45, 7) is 6.77. The SMILES string of the molecule is Cc1ccc(C(=O)N(CC2CCN(C3Cc4ccccc4C3)CC2)C[C@H]2CCCO2)cc1. The molecule has 4 nitrogen and oxygen atoms in total. The van der Waals surface area contributed by atoms with Gasteiger partial charge < -0.3 is 9.64 Å². The van der Waals surface area contributed by atoms with Crippen LogP contribution in [0.15, 0.2) is 48.5 Å². The van der Waals surface area contributed by atoms with E-state index >= 15 is 0 Å². The number of carbonyl (C=O) groups excluding carboxylic acids is 1. The van der Waals surface area contributed by atoms with E-state index in [2.05, 4.69) is 41.0 Å². The van der Waals surface area contributed by atoms with E-state index in [1.807, 2.05) is 24.3 Å². The van der Waals surface area contributed by atoms with Crippen LogP contribution in [0.5, 0.6) is 0 Å². The lowest BCUT2D eigenvalue weighted by Gasteiger charge is -2.38. The van der Waals surface area contributed by atoms with Gasteiger partial charge >= 0.3 is 0 Å². The van der Waals surface area contributed by atoms with Crippen molar-refractivity contribution >= 4 is 5.91 Å². The van der Waals surface area contributed by atoms with Crippen molar-refractivity contribution in [2.75, 3.05) is 32.8 Å². The van der Waals surface area contributed by atoms with E-state index in [1.54, 1.807) is 0 Å². The Morgan fingerprint density at radius 2 is 1.66 bits per heavy atom. The molecule has 3 aliphatic rings. The van der Waals surface area contributed by atoms with Gasteiger partial charge in [-0.25, -0.2) is 0 Å². The Hall–Kier alpha value is -2.17. The van der Waals surface area contributed by atoms with E-state index in [9.17, 15) is 4.79 Å². The van der Waals surface area contributed by atoms with E-state index in [1.165, 1.54) is 42.4 Å². The minimum absolute atomic E-state index is 0.161. The second-order valence-electron chi connectivity index (χ2n) is 10.0. The van der Waals surface area contributed by atoms with Gasteiger partial charge in [0.25, 0.3) is 5.91 Å². The van der Waals surface area contributed by atoms with Gasteiger partial charge in [0, 0.05) is 31.3 Å². The van der Waals surface area contributed by atoms with Crippen LogP contribution in [-0.4, -0.2) is 60.6 Å². The number of hydrogen-bond donors (Lipinski definition) is 0. The Bertz CT molecular complexity index is 886. The summed E-state index contributed by atoms with van der Waals surface area (Å²) in [7, 11) is 0. The average Bonchev–Trinajstić information content (AvgIpc) is 3.49. The molecule has 2 heterocycles. The Balaban J connectivity index is 1.19. The summed E-state index contributed by atoms with van der Waals surface area (Å²) >= 11 is 0. The minimum atomic E-state index is 0.161. The third-order valence-corrected chi connectivity index (χ3v) is 7.71. The number of nitrogens with zero attached hydrogens (tertiary/aromatic N) is 2. The molecule has 0 saturated carbocycles. The number of ether oxygens (including phenoxy) is 1. The lowest BCUT2D eigenvalue weighted by molar-refractivity contribution is 0.0430. The second-order valence-corrected chi connectivity index (χ2v) is 10.0. The molecule has 0 aromatic heterocycles. The van der Waals surface area contributed by atoms with E-state index in [0.717, 1.165) is 51.2 Å². The molecule has 2 saturated heterocycles. The quantitative estimate of drug-likeness (QED) is 0.674. The zero-order valence-electron chi connectivity index (χ0n) is 19.3. The molecular formula is C28H36N2O2. The van der Waals surface area contributed by atoms with Crippen molar-refractivity contribution in [3.05, 3.63) is 70.8 Å². The first-order valence-electron chi connectivity index (χ1n) is 12.4. The number of benzene rings is 2. The molecule has 4 heteroatoms. The number of hydrogen-bond acceptors (Lipinski definition) is 3. The number of amides is 1. The van der Waals surface area contributed by atoms with Gasteiger partial charge in [-0.2, -0.15) is 0 Å². The van der Waals surface area contributed by atoms with Gasteiger partial charge in [-0.1, -0.05) is 42.0 Å². The van der Waals surface area contributed by atoms with Crippen molar-refractivity contribution in [1.82, 2.24) is 9.80 Å². The Kier molecular flexibility index (Phi) is 6.61. The fraction of sp³-hybridized carbons (Fsp3) is 0.536. The summed E-state index contributed by atoms with van der Waals surface area (Å²) in [6.07, 6.45) is 7.11. The summed E-state index contributed by atoms with van der Waals surface area (Å²) in [6, 6.07) is 17.6. The fourth-order valence-corrected chi connectivity index (χ4v) is 5.76. The van der Waals surface area contributed by atoms with Gasteiger partial charge in [-0.3, -0.25) is 9.69 Å². The molecule has 2 aromatic carbocycles. The van der Waals surface area contributed by atoms with Crippen LogP contribution in [0.1, 0.15) is 52.7 Å². The molecule has 2 aromatic rings. The molecule has 0 N–H and O–H groups in total. The van der Waals surface area contributed by atoms with Crippen LogP contribution in [0.4, 0.5) is 0 Å². The molecule has 32 heavy (non-hydrogen) atoms. The van der Waals surface area contributed by atoms with Crippen LogP contribution in [0.25, 0.3) is 0 Å². The standard InChI is InChI=1S/C28H36N2O2/c1-21-8-10-23(11-9-21)28(31)30(20-27-7-4-16-32-27)19-22-12-14-29(15-13-22)26-17-24-5-2-3-6-25(24)18-26/h2-3,5-6,8-11,22,26-27H,4,7,12-20H2,1H3/t27-/m1/s1. The van der Waals surface area contributed by atoms with Gasteiger partial charge in [-0.05, 0) is 87.7 Å². The van der Waals surface area contributed by atoms with Crippen molar-refractivity contribution in [2.45, 2.75) is 57.6 Å². The molecule has 1 amide bonds. The first-order chi connectivity index (χ1) is 15.7. The lowest BCUT2D eigenvalue weighted by atomic mass is 9.94. The molecule has 2 fully saturated rings. The van der Waals surface area contributed by atoms with Crippen molar-refractivity contribution in [2.24, 2.45) is 5.92 Å². The Morgan fingerprint density at radius 1 is 0.969 bits per heavy atom. The van der Waals surface area contributed by atoms with Crippen molar-refractivity contribution in [3.63, 3.8) is 0 Å². The molecule has 1 atom stereocenters. The topological polar surface area (TPSA) is 32.8 Å². The average molecular weight is 433 g/mol. The van der Waals surface area contributed by atoms with E-state index < -0.39 is 0 Å². The second kappa shape index (κ2) is 9.76. The summed E-state index contributed by atoms with van der Waals surface area (Å²) in [5.74, 6) is 0.736. The fourth-order valence-electron chi connectivity index (χ4n) is 5.76. The molecule has 0 spiro atoms. The third kappa shape index (κ3) is 4.92. The Morgan fingerprint density at radius 3 is 2.28 bits per heavy atom. The van der Waals surface area contributed by atoms with Gasteiger partial charge in [0.1, 0.15) is 0 Å². The number of carbonyl (C=O) groups is 1. The zero-order valence-corrected chi connectivity index (χ0v) is 19.3. The maximum Gasteiger partial charge on any atom is 0.253 e. The normalized spacial score (nSPS) is 22.2. The van der Waals surface area contributed by atoms with Crippen LogP contribution in [-0.2, 0) is 17.6 Å². The van der Waals surface area contributed by atoms with E-state index in [-0.39, 0.29) is 12.0 Å². The van der Waals surface area contributed by atoms with Crippen LogP contribution < -0.4 is 0 Å². The summed E-state index contributed by atoms with van der Waals surface area (Å²) < 4.78 is 5.89. The molecule has 2 aliphatic heterocycles. The molecular weight excluding hydrogens is 396 g/mol. The predicted octanol–water partition coefficient (Wildman–Crippen LogP) is 4.50. The number of rotatable bonds is 6. The largest absolute Gasteiger partial charge is 0.376 e. The van der Waals surface area contributed by atoms with Gasteiger partial charge in [0.05, 0.1) is 6.10 Å². The highest BCUT2D eigenvalue weighted by atomic mass is 16.5. The zero-order chi connectivity index (χ0) is 21.9. The number of likely N-dealkylation sites (tertiary alicyclic amines) is 1. The number of aryl methyl sites for hydroxylation is 1. The van der Waals surface area contributed by atoms with Crippen molar-refractivity contribution in [1.29, 1.82) is 0 Å². The van der Waals surface area contributed by atoms with Crippen molar-refractivity contribution in [3.8, 4) is 0 Å². The molecule has 0 unspecified atom stereocenters. The third-order valence-electron chi connectivity index (χ3n) is 7.71. The van der Waals surface area contributed by atoms with E-state index in [4.69, 9.17) is 4.74 Å². The summed E-state index contributed by atoms with van der Waals surface area (Å²) in [5, 5.41) is 0. The number of fused-ring (bicyclic) bond motifs is 1. The smallest absolute Gasteiger partial charge is 0.253 e. The van der Waals surface area contributed by atoms with Crippen LogP contribution in [0.3, 0.4) is 0 Å². The highest BCUT2D eigenvalue weighted by Crippen LogP contribution is 2.29. The van der Waals surface area contributed by atoms with Gasteiger partial charge in [0.2, 0.25) is 0 Å². The summed E-state index contributed by atoms with van der Waals surface area (Å²) in [5.41, 5.74) is 5.06. The Labute approximate surface area is 192 Å². The highest BCUT2D eigenvalue weighted by molar-refractivity contribution is 5.94. The van der Waals surface area contributed by atoms with Crippen molar-refractivity contribution < 1.29 is 9.53 Å².